The molecule has 4 aromatic heterocycles. The molecule has 1 amide bonds. The van der Waals surface area contributed by atoms with Gasteiger partial charge in [0.05, 0.1) is 52.0 Å². The van der Waals surface area contributed by atoms with Crippen molar-refractivity contribution in [3.05, 3.63) is 111 Å². The second kappa shape index (κ2) is 12.3. The Morgan fingerprint density at radius 1 is 1.06 bits per heavy atom. The van der Waals surface area contributed by atoms with Crippen LogP contribution < -0.4 is 15.8 Å². The molecule has 9 rings (SSSR count). The zero-order valence-corrected chi connectivity index (χ0v) is 28.7. The number of carbonyl (C=O) groups is 1. The summed E-state index contributed by atoms with van der Waals surface area (Å²) < 4.78 is 52.8. The molecule has 0 spiro atoms. The fraction of sp³-hybridized carbons (Fsp3) is 0.289. The molecule has 14 heteroatoms. The molecular formula is C38H31F3N6O4S. The quantitative estimate of drug-likeness (QED) is 0.162. The number of nitrogens with one attached hydrogen (secondary N) is 2. The van der Waals surface area contributed by atoms with Crippen LogP contribution in [0, 0.1) is 0 Å². The lowest BCUT2D eigenvalue weighted by Gasteiger charge is -2.16. The minimum Gasteiger partial charge on any atom is -0.496 e. The number of aryl methyl sites for hydroxylation is 2. The number of alkyl halides is 3. The number of aromatic nitrogens is 4. The van der Waals surface area contributed by atoms with Gasteiger partial charge in [0.2, 0.25) is 0 Å². The normalized spacial score (nSPS) is 17.8. The number of halogens is 3. The first-order valence-corrected chi connectivity index (χ1v) is 17.9. The minimum absolute atomic E-state index is 0.0176. The summed E-state index contributed by atoms with van der Waals surface area (Å²) in [5, 5.41) is 11.1. The van der Waals surface area contributed by atoms with Crippen LogP contribution in [0.15, 0.2) is 70.0 Å². The molecule has 1 fully saturated rings. The highest BCUT2D eigenvalue weighted by Crippen LogP contribution is 2.50. The number of thiophene rings is 1. The van der Waals surface area contributed by atoms with E-state index in [1.807, 2.05) is 29.2 Å². The highest BCUT2D eigenvalue weighted by Gasteiger charge is 2.45. The Kier molecular flexibility index (Phi) is 7.68. The van der Waals surface area contributed by atoms with Gasteiger partial charge in [-0.25, -0.2) is 14.9 Å². The molecule has 1 aliphatic carbocycles. The van der Waals surface area contributed by atoms with Gasteiger partial charge in [0, 0.05) is 23.2 Å². The van der Waals surface area contributed by atoms with E-state index in [4.69, 9.17) is 19.1 Å². The van der Waals surface area contributed by atoms with E-state index in [0.717, 1.165) is 64.1 Å². The van der Waals surface area contributed by atoms with Crippen LogP contribution in [0.4, 0.5) is 19.0 Å². The van der Waals surface area contributed by atoms with Crippen LogP contribution in [0.2, 0.25) is 0 Å². The fourth-order valence-corrected chi connectivity index (χ4v) is 9.19. The zero-order valence-electron chi connectivity index (χ0n) is 27.8. The van der Waals surface area contributed by atoms with Crippen LogP contribution in [-0.2, 0) is 25.4 Å². The van der Waals surface area contributed by atoms with Crippen LogP contribution in [-0.4, -0.2) is 44.6 Å². The van der Waals surface area contributed by atoms with E-state index in [1.165, 1.54) is 23.0 Å². The summed E-state index contributed by atoms with van der Waals surface area (Å²) in [6, 6.07) is 15.0. The lowest BCUT2D eigenvalue weighted by Crippen LogP contribution is -2.22. The third kappa shape index (κ3) is 5.35. The Labute approximate surface area is 298 Å². The molecular weight excluding hydrogens is 694 g/mol. The van der Waals surface area contributed by atoms with Crippen molar-refractivity contribution >= 4 is 33.1 Å². The number of pyridine rings is 2. The Hall–Kier alpha value is -5.50. The SMILES string of the molecule is COc1cccc2c1CC[C@H]2Nc1nccc2cc(-c3c4c(nc(CCc5cccc(C(F)(F)F)c5)c3-c3n[nH]c(=O)o3)[C@@H]3CCCN3C4=O)sc12. The lowest BCUT2D eigenvalue weighted by molar-refractivity contribution is -0.137. The highest BCUT2D eigenvalue weighted by atomic mass is 32.1. The van der Waals surface area contributed by atoms with Crippen LogP contribution in [0.25, 0.3) is 32.0 Å². The van der Waals surface area contributed by atoms with Crippen molar-refractivity contribution in [1.82, 2.24) is 25.1 Å². The summed E-state index contributed by atoms with van der Waals surface area (Å²) in [4.78, 5) is 38.9. The van der Waals surface area contributed by atoms with E-state index in [-0.39, 0.29) is 36.7 Å². The third-order valence-electron chi connectivity index (χ3n) is 10.3. The number of amides is 1. The van der Waals surface area contributed by atoms with Crippen molar-refractivity contribution in [1.29, 1.82) is 0 Å². The van der Waals surface area contributed by atoms with Gasteiger partial charge in [0.25, 0.3) is 11.8 Å². The van der Waals surface area contributed by atoms with Gasteiger partial charge in [-0.1, -0.05) is 30.3 Å². The number of nitrogens with zero attached hydrogens (tertiary/aromatic N) is 4. The molecule has 0 saturated carbocycles. The highest BCUT2D eigenvalue weighted by molar-refractivity contribution is 7.23. The van der Waals surface area contributed by atoms with Gasteiger partial charge in [-0.05, 0) is 84.9 Å². The molecule has 0 bridgehead atoms. The number of carbonyl (C=O) groups excluding carboxylic acids is 1. The Morgan fingerprint density at radius 3 is 2.73 bits per heavy atom. The lowest BCUT2D eigenvalue weighted by atomic mass is 9.92. The predicted octanol–water partition coefficient (Wildman–Crippen LogP) is 7.90. The molecule has 2 atom stereocenters. The summed E-state index contributed by atoms with van der Waals surface area (Å²) in [6.45, 7) is 0.587. The first kappa shape index (κ1) is 32.4. The van der Waals surface area contributed by atoms with Crippen molar-refractivity contribution in [2.75, 3.05) is 19.0 Å². The van der Waals surface area contributed by atoms with Gasteiger partial charge < -0.3 is 19.4 Å². The summed E-state index contributed by atoms with van der Waals surface area (Å²) in [5.74, 6) is 0.584. The monoisotopic (exact) mass is 724 g/mol. The molecule has 1 saturated heterocycles. The van der Waals surface area contributed by atoms with Crippen LogP contribution in [0.1, 0.15) is 75.3 Å². The summed E-state index contributed by atoms with van der Waals surface area (Å²) in [7, 11) is 1.68. The molecule has 6 aromatic rings. The Bertz CT molecular complexity index is 2450. The van der Waals surface area contributed by atoms with Gasteiger partial charge in [-0.2, -0.15) is 13.2 Å². The fourth-order valence-electron chi connectivity index (χ4n) is 8.03. The maximum absolute atomic E-state index is 14.2. The van der Waals surface area contributed by atoms with Crippen LogP contribution in [0.3, 0.4) is 0 Å². The molecule has 2 aliphatic heterocycles. The van der Waals surface area contributed by atoms with Crippen molar-refractivity contribution in [3.63, 3.8) is 0 Å². The van der Waals surface area contributed by atoms with E-state index >= 15 is 0 Å². The standard InChI is InChI=1S/C38H31F3N6O4S/c1-50-27-9-3-7-22-23(27)11-13-24(22)44-34-33-20(14-15-42-34)18-28(52-33)30-29(35-45-46-37(49)51-35)25(12-10-19-5-2-6-21(17-19)38(39,40)41)43-32-26-8-4-16-47(26)36(48)31(30)32/h2-3,5-7,9,14-15,17-18,24,26H,4,8,10-13,16H2,1H3,(H,42,44)(H,46,49)/t24-,26+/m1/s1. The molecule has 264 valence electrons. The number of hydrogen-bond acceptors (Lipinski definition) is 9. The van der Waals surface area contributed by atoms with E-state index < -0.39 is 17.5 Å². The molecule has 10 nitrogen and oxygen atoms in total. The van der Waals surface area contributed by atoms with Gasteiger partial charge in [0.1, 0.15) is 11.6 Å². The van der Waals surface area contributed by atoms with E-state index in [2.05, 4.69) is 21.6 Å². The number of aromatic amines is 1. The van der Waals surface area contributed by atoms with Crippen molar-refractivity contribution < 1.29 is 27.1 Å². The first-order valence-electron chi connectivity index (χ1n) is 17.1. The average Bonchev–Trinajstić information content (AvgIpc) is 3.98. The number of fused-ring (bicyclic) bond motifs is 5. The molecule has 52 heavy (non-hydrogen) atoms. The Morgan fingerprint density at radius 2 is 1.92 bits per heavy atom. The maximum atomic E-state index is 14.2. The first-order chi connectivity index (χ1) is 25.2. The van der Waals surface area contributed by atoms with E-state index in [0.29, 0.717) is 46.0 Å². The van der Waals surface area contributed by atoms with Crippen LogP contribution >= 0.6 is 11.3 Å². The van der Waals surface area contributed by atoms with Gasteiger partial charge >= 0.3 is 11.9 Å². The number of H-pyrrole nitrogens is 1. The van der Waals surface area contributed by atoms with E-state index in [9.17, 15) is 22.8 Å². The largest absolute Gasteiger partial charge is 0.496 e. The molecule has 3 aliphatic rings. The maximum Gasteiger partial charge on any atom is 0.434 e. The number of rotatable bonds is 8. The molecule has 6 heterocycles. The smallest absolute Gasteiger partial charge is 0.434 e. The van der Waals surface area contributed by atoms with Gasteiger partial charge in [-0.3, -0.25) is 9.78 Å². The molecule has 2 N–H and O–H groups in total. The summed E-state index contributed by atoms with van der Waals surface area (Å²) in [5.41, 5.74) is 4.52. The summed E-state index contributed by atoms with van der Waals surface area (Å²) >= 11 is 1.46. The van der Waals surface area contributed by atoms with Gasteiger partial charge in [0.15, 0.2) is 0 Å². The minimum atomic E-state index is -4.48. The summed E-state index contributed by atoms with van der Waals surface area (Å²) in [6.07, 6.45) is 1.00. The number of hydrogen-bond donors (Lipinski definition) is 2. The average molecular weight is 725 g/mol. The number of methoxy groups -OCH3 is 1. The third-order valence-corrected chi connectivity index (χ3v) is 11.5. The van der Waals surface area contributed by atoms with Gasteiger partial charge in [-0.15, -0.1) is 16.4 Å². The van der Waals surface area contributed by atoms with Crippen molar-refractivity contribution in [2.45, 2.75) is 56.8 Å². The van der Waals surface area contributed by atoms with Crippen molar-refractivity contribution in [2.24, 2.45) is 0 Å². The van der Waals surface area contributed by atoms with Crippen molar-refractivity contribution in [3.8, 4) is 27.6 Å². The molecule has 0 radical (unpaired) electrons. The second-order valence-corrected chi connectivity index (χ2v) is 14.3. The number of benzene rings is 2. The Balaban J connectivity index is 1.19. The predicted molar refractivity (Wildman–Crippen MR) is 189 cm³/mol. The van der Waals surface area contributed by atoms with E-state index in [1.54, 1.807) is 19.4 Å². The zero-order chi connectivity index (χ0) is 35.7. The van der Waals surface area contributed by atoms with Crippen LogP contribution in [0.5, 0.6) is 5.75 Å². The topological polar surface area (TPSA) is 126 Å². The molecule has 0 unspecified atom stereocenters. The number of anilines is 1. The number of ether oxygens (including phenoxy) is 1. The second-order valence-electron chi connectivity index (χ2n) is 13.3. The molecule has 2 aromatic carbocycles.